The van der Waals surface area contributed by atoms with Crippen LogP contribution < -0.4 is 0 Å². The molecular weight excluding hydrogens is 276 g/mol. The quantitative estimate of drug-likeness (QED) is 0.747. The SMILES string of the molecule is OC1C2CC3OCCCC3CC2C2CCC3OC=CC=C3C12. The highest BCUT2D eigenvalue weighted by Gasteiger charge is 2.57. The molecule has 0 aromatic rings. The molecule has 22 heavy (non-hydrogen) atoms. The van der Waals surface area contributed by atoms with Crippen LogP contribution in [0.3, 0.4) is 0 Å². The number of aliphatic hydroxyl groups excluding tert-OH is 1. The van der Waals surface area contributed by atoms with E-state index in [1.54, 1.807) is 0 Å². The van der Waals surface area contributed by atoms with E-state index in [1.165, 1.54) is 31.3 Å². The van der Waals surface area contributed by atoms with Gasteiger partial charge in [0.05, 0.1) is 18.5 Å². The Bertz CT molecular complexity index is 511. The van der Waals surface area contributed by atoms with Crippen LogP contribution in [-0.4, -0.2) is 30.0 Å². The Labute approximate surface area is 132 Å². The van der Waals surface area contributed by atoms with Crippen LogP contribution in [0, 0.1) is 29.6 Å². The average Bonchev–Trinajstić information content (AvgIpc) is 2.85. The topological polar surface area (TPSA) is 38.7 Å². The summed E-state index contributed by atoms with van der Waals surface area (Å²) < 4.78 is 11.8. The number of aliphatic hydroxyl groups is 1. The Balaban J connectivity index is 1.46. The van der Waals surface area contributed by atoms with E-state index in [4.69, 9.17) is 9.47 Å². The van der Waals surface area contributed by atoms with Crippen molar-refractivity contribution in [2.45, 2.75) is 56.8 Å². The highest BCUT2D eigenvalue weighted by molar-refractivity contribution is 5.29. The molecule has 2 heterocycles. The normalized spacial score (nSPS) is 52.7. The molecule has 0 bridgehead atoms. The van der Waals surface area contributed by atoms with E-state index in [1.807, 2.05) is 12.3 Å². The minimum atomic E-state index is -0.189. The summed E-state index contributed by atoms with van der Waals surface area (Å²) in [6.45, 7) is 0.924. The summed E-state index contributed by atoms with van der Waals surface area (Å²) in [5, 5.41) is 11.1. The van der Waals surface area contributed by atoms with E-state index in [0.29, 0.717) is 29.8 Å². The van der Waals surface area contributed by atoms with Gasteiger partial charge >= 0.3 is 0 Å². The van der Waals surface area contributed by atoms with Gasteiger partial charge in [-0.05, 0) is 73.8 Å². The molecule has 3 heteroatoms. The largest absolute Gasteiger partial charge is 0.494 e. The molecular formula is C19H26O3. The lowest BCUT2D eigenvalue weighted by Gasteiger charge is -2.43. The number of rotatable bonds is 0. The van der Waals surface area contributed by atoms with Crippen molar-refractivity contribution < 1.29 is 14.6 Å². The lowest BCUT2D eigenvalue weighted by molar-refractivity contribution is -0.0863. The van der Waals surface area contributed by atoms with E-state index in [0.717, 1.165) is 25.4 Å². The molecule has 0 aromatic carbocycles. The predicted molar refractivity (Wildman–Crippen MR) is 83.0 cm³/mol. The van der Waals surface area contributed by atoms with E-state index in [2.05, 4.69) is 6.08 Å². The molecule has 4 fully saturated rings. The van der Waals surface area contributed by atoms with Crippen LogP contribution in [0.1, 0.15) is 38.5 Å². The molecule has 0 radical (unpaired) electrons. The Morgan fingerprint density at radius 3 is 2.95 bits per heavy atom. The molecule has 5 rings (SSSR count). The van der Waals surface area contributed by atoms with Crippen LogP contribution in [0.2, 0.25) is 0 Å². The second-order valence-corrected chi connectivity index (χ2v) is 7.99. The summed E-state index contributed by atoms with van der Waals surface area (Å²) in [6, 6.07) is 0. The fraction of sp³-hybridized carbons (Fsp3) is 0.789. The van der Waals surface area contributed by atoms with Crippen molar-refractivity contribution in [2.24, 2.45) is 29.6 Å². The van der Waals surface area contributed by atoms with E-state index in [9.17, 15) is 5.11 Å². The summed E-state index contributed by atoms with van der Waals surface area (Å²) in [6.07, 6.45) is 13.7. The van der Waals surface area contributed by atoms with Crippen LogP contribution in [0.4, 0.5) is 0 Å². The van der Waals surface area contributed by atoms with E-state index >= 15 is 0 Å². The lowest BCUT2D eigenvalue weighted by Crippen LogP contribution is -2.41. The van der Waals surface area contributed by atoms with Gasteiger partial charge in [0.1, 0.15) is 6.10 Å². The third-order valence-corrected chi connectivity index (χ3v) is 7.15. The summed E-state index contributed by atoms with van der Waals surface area (Å²) in [7, 11) is 0. The fourth-order valence-corrected chi connectivity index (χ4v) is 6.29. The van der Waals surface area contributed by atoms with Gasteiger partial charge in [0.15, 0.2) is 0 Å². The van der Waals surface area contributed by atoms with Gasteiger partial charge in [0.25, 0.3) is 0 Å². The monoisotopic (exact) mass is 302 g/mol. The smallest absolute Gasteiger partial charge is 0.120 e. The summed E-state index contributed by atoms with van der Waals surface area (Å²) in [5.41, 5.74) is 1.37. The zero-order valence-electron chi connectivity index (χ0n) is 13.1. The van der Waals surface area contributed by atoms with Crippen molar-refractivity contribution in [3.63, 3.8) is 0 Å². The summed E-state index contributed by atoms with van der Waals surface area (Å²) in [4.78, 5) is 0. The van der Waals surface area contributed by atoms with Crippen molar-refractivity contribution >= 4 is 0 Å². The molecule has 3 nitrogen and oxygen atoms in total. The molecule has 1 N–H and O–H groups in total. The van der Waals surface area contributed by atoms with Gasteiger partial charge < -0.3 is 14.6 Å². The Hall–Kier alpha value is -0.800. The average molecular weight is 302 g/mol. The van der Waals surface area contributed by atoms with Crippen LogP contribution in [0.5, 0.6) is 0 Å². The number of fused-ring (bicyclic) bond motifs is 6. The molecule has 5 aliphatic rings. The van der Waals surface area contributed by atoms with Gasteiger partial charge in [-0.2, -0.15) is 0 Å². The Kier molecular flexibility index (Phi) is 3.16. The second kappa shape index (κ2) is 5.10. The zero-order chi connectivity index (χ0) is 14.7. The van der Waals surface area contributed by atoms with Crippen LogP contribution in [-0.2, 0) is 9.47 Å². The molecule has 1 saturated heterocycles. The molecule has 8 atom stereocenters. The van der Waals surface area contributed by atoms with Crippen LogP contribution >= 0.6 is 0 Å². The molecule has 8 unspecified atom stereocenters. The molecule has 3 saturated carbocycles. The standard InChI is InChI=1S/C19H26O3/c20-19-15-10-17-11(3-1-7-22-17)9-14(15)12-5-6-16-13(18(12)19)4-2-8-21-16/h2,4,8,11-12,14-20H,1,3,5-7,9-10H2. The van der Waals surface area contributed by atoms with Gasteiger partial charge in [-0.1, -0.05) is 6.08 Å². The van der Waals surface area contributed by atoms with Crippen molar-refractivity contribution in [1.29, 1.82) is 0 Å². The molecule has 2 aliphatic heterocycles. The maximum absolute atomic E-state index is 11.1. The van der Waals surface area contributed by atoms with Crippen molar-refractivity contribution in [3.05, 3.63) is 24.0 Å². The maximum Gasteiger partial charge on any atom is 0.120 e. The Morgan fingerprint density at radius 2 is 2.00 bits per heavy atom. The fourth-order valence-electron chi connectivity index (χ4n) is 6.29. The van der Waals surface area contributed by atoms with Gasteiger partial charge in [0, 0.05) is 12.5 Å². The minimum absolute atomic E-state index is 0.189. The highest BCUT2D eigenvalue weighted by atomic mass is 16.5. The van der Waals surface area contributed by atoms with Gasteiger partial charge in [-0.25, -0.2) is 0 Å². The first kappa shape index (κ1) is 13.6. The van der Waals surface area contributed by atoms with E-state index < -0.39 is 0 Å². The van der Waals surface area contributed by atoms with Crippen LogP contribution in [0.25, 0.3) is 0 Å². The minimum Gasteiger partial charge on any atom is -0.494 e. The number of hydrogen-bond donors (Lipinski definition) is 1. The van der Waals surface area contributed by atoms with Crippen LogP contribution in [0.15, 0.2) is 24.0 Å². The second-order valence-electron chi connectivity index (χ2n) is 7.99. The molecule has 120 valence electrons. The summed E-state index contributed by atoms with van der Waals surface area (Å²) in [5.74, 6) is 2.89. The molecule has 0 amide bonds. The van der Waals surface area contributed by atoms with Gasteiger partial charge in [-0.3, -0.25) is 0 Å². The van der Waals surface area contributed by atoms with Gasteiger partial charge in [-0.15, -0.1) is 0 Å². The maximum atomic E-state index is 11.1. The zero-order valence-corrected chi connectivity index (χ0v) is 13.1. The number of hydrogen-bond acceptors (Lipinski definition) is 3. The number of allylic oxidation sites excluding steroid dienone is 2. The summed E-state index contributed by atoms with van der Waals surface area (Å²) >= 11 is 0. The van der Waals surface area contributed by atoms with Crippen molar-refractivity contribution in [2.75, 3.05) is 6.61 Å². The van der Waals surface area contributed by atoms with Crippen molar-refractivity contribution in [3.8, 4) is 0 Å². The first-order chi connectivity index (χ1) is 10.8. The lowest BCUT2D eigenvalue weighted by atomic mass is 9.67. The van der Waals surface area contributed by atoms with E-state index in [-0.39, 0.29) is 12.2 Å². The number of ether oxygens (including phenoxy) is 2. The first-order valence-electron chi connectivity index (χ1n) is 9.14. The van der Waals surface area contributed by atoms with Crippen molar-refractivity contribution in [1.82, 2.24) is 0 Å². The molecule has 3 aliphatic carbocycles. The predicted octanol–water partition coefficient (Wildman–Crippen LogP) is 3.05. The third kappa shape index (κ3) is 1.88. The molecule has 0 spiro atoms. The molecule has 0 aromatic heterocycles. The van der Waals surface area contributed by atoms with Gasteiger partial charge in [0.2, 0.25) is 0 Å². The third-order valence-electron chi connectivity index (χ3n) is 7.15. The Morgan fingerprint density at radius 1 is 1.05 bits per heavy atom. The first-order valence-corrected chi connectivity index (χ1v) is 9.14. The highest BCUT2D eigenvalue weighted by Crippen LogP contribution is 2.58.